The highest BCUT2D eigenvalue weighted by Crippen LogP contribution is 2.70. The van der Waals surface area contributed by atoms with E-state index in [0.717, 1.165) is 17.8 Å². The molecule has 7 heteroatoms. The lowest BCUT2D eigenvalue weighted by molar-refractivity contribution is -0.125. The Morgan fingerprint density at radius 3 is 2.26 bits per heavy atom. The number of hydrogen-bond acceptors (Lipinski definition) is 4. The van der Waals surface area contributed by atoms with Gasteiger partial charge in [0.05, 0.1) is 50.7 Å². The summed E-state index contributed by atoms with van der Waals surface area (Å²) in [5, 5.41) is 3.99. The number of nitrogens with one attached hydrogen (secondary N) is 1. The molecule has 2 bridgehead atoms. The van der Waals surface area contributed by atoms with Crippen LogP contribution in [0.1, 0.15) is 45.0 Å². The number of para-hydroxylation sites is 2. The molecule has 0 spiro atoms. The van der Waals surface area contributed by atoms with E-state index in [2.05, 4.69) is 26.1 Å². The summed E-state index contributed by atoms with van der Waals surface area (Å²) in [6.07, 6.45) is 1.56. The number of carbonyl (C=O) groups excluding carboxylic acids is 1. The summed E-state index contributed by atoms with van der Waals surface area (Å²) in [6.45, 7) is 6.49. The third-order valence-electron chi connectivity index (χ3n) is 7.82. The molecule has 1 N–H and O–H groups in total. The van der Waals surface area contributed by atoms with Crippen LogP contribution in [0.25, 0.3) is 11.0 Å². The van der Waals surface area contributed by atoms with Gasteiger partial charge in [-0.25, -0.2) is 9.97 Å². The van der Waals surface area contributed by atoms with Crippen molar-refractivity contribution < 1.29 is 9.53 Å². The summed E-state index contributed by atoms with van der Waals surface area (Å²) in [5.74, 6) is 0.535. The summed E-state index contributed by atoms with van der Waals surface area (Å²) in [7, 11) is 1.59. The first-order chi connectivity index (χ1) is 14.7. The van der Waals surface area contributed by atoms with Gasteiger partial charge in [0.1, 0.15) is 5.75 Å². The van der Waals surface area contributed by atoms with Crippen LogP contribution in [0.5, 0.6) is 5.75 Å². The molecule has 1 amide bonds. The molecule has 1 fully saturated rings. The Bertz CT molecular complexity index is 1260. The third kappa shape index (κ3) is 2.48. The molecule has 3 aromatic rings. The van der Waals surface area contributed by atoms with Crippen LogP contribution in [0.4, 0.5) is 5.69 Å². The first-order valence-corrected chi connectivity index (χ1v) is 11.0. The lowest BCUT2D eigenvalue weighted by Crippen LogP contribution is -2.48. The van der Waals surface area contributed by atoms with Crippen LogP contribution in [0, 0.1) is 5.41 Å². The highest BCUT2D eigenvalue weighted by molar-refractivity contribution is 6.42. The zero-order valence-electron chi connectivity index (χ0n) is 17.8. The van der Waals surface area contributed by atoms with Crippen molar-refractivity contribution in [2.75, 3.05) is 12.4 Å². The zero-order chi connectivity index (χ0) is 22.2. The maximum absolute atomic E-state index is 14.0. The largest absolute Gasteiger partial charge is 0.495 e. The fourth-order valence-corrected chi connectivity index (χ4v) is 5.89. The van der Waals surface area contributed by atoms with Gasteiger partial charge >= 0.3 is 0 Å². The van der Waals surface area contributed by atoms with Crippen LogP contribution in [-0.2, 0) is 15.6 Å². The molecule has 0 aliphatic heterocycles. The highest BCUT2D eigenvalue weighted by atomic mass is 35.5. The van der Waals surface area contributed by atoms with Crippen LogP contribution < -0.4 is 10.1 Å². The average Bonchev–Trinajstić information content (AvgIpc) is 3.03. The molecule has 160 valence electrons. The SMILES string of the molecule is COc1ccccc1NC(=O)C12CCC(C)(c3nc4cc(Cl)c(Cl)cc4nc31)C2(C)C. The van der Waals surface area contributed by atoms with Crippen molar-refractivity contribution in [1.82, 2.24) is 9.97 Å². The number of ether oxygens (including phenoxy) is 1. The molecule has 0 saturated heterocycles. The van der Waals surface area contributed by atoms with Crippen LogP contribution in [-0.4, -0.2) is 23.0 Å². The number of carbonyl (C=O) groups is 1. The minimum absolute atomic E-state index is 0.0850. The van der Waals surface area contributed by atoms with Gasteiger partial charge in [0, 0.05) is 5.41 Å². The van der Waals surface area contributed by atoms with Gasteiger partial charge in [0.2, 0.25) is 5.91 Å². The molecule has 2 unspecified atom stereocenters. The van der Waals surface area contributed by atoms with Crippen LogP contribution in [0.15, 0.2) is 36.4 Å². The highest BCUT2D eigenvalue weighted by Gasteiger charge is 2.73. The van der Waals surface area contributed by atoms with E-state index in [1.165, 1.54) is 0 Å². The van der Waals surface area contributed by atoms with Crippen LogP contribution in [0.3, 0.4) is 0 Å². The number of hydrogen-bond donors (Lipinski definition) is 1. The number of halogens is 2. The van der Waals surface area contributed by atoms with Crippen molar-refractivity contribution in [3.05, 3.63) is 57.8 Å². The fourth-order valence-electron chi connectivity index (χ4n) is 5.58. The van der Waals surface area contributed by atoms with Crippen molar-refractivity contribution in [3.8, 4) is 5.75 Å². The van der Waals surface area contributed by atoms with E-state index in [-0.39, 0.29) is 16.7 Å². The number of amides is 1. The number of nitrogens with zero attached hydrogens (tertiary/aromatic N) is 2. The van der Waals surface area contributed by atoms with Gasteiger partial charge in [0.15, 0.2) is 0 Å². The summed E-state index contributed by atoms with van der Waals surface area (Å²) in [5.41, 5.74) is 2.11. The first-order valence-electron chi connectivity index (χ1n) is 10.3. The minimum atomic E-state index is -0.814. The van der Waals surface area contributed by atoms with Gasteiger partial charge in [-0.15, -0.1) is 0 Å². The van der Waals surface area contributed by atoms with E-state index in [1.54, 1.807) is 19.2 Å². The molecule has 0 radical (unpaired) electrons. The molecule has 5 rings (SSSR count). The molecule has 5 nitrogen and oxygen atoms in total. The second kappa shape index (κ2) is 6.57. The number of aromatic nitrogens is 2. The second-order valence-corrected chi connectivity index (χ2v) is 10.0. The van der Waals surface area contributed by atoms with Gasteiger partial charge in [-0.2, -0.15) is 0 Å². The second-order valence-electron chi connectivity index (χ2n) is 9.19. The number of methoxy groups -OCH3 is 1. The zero-order valence-corrected chi connectivity index (χ0v) is 19.4. The molecule has 2 aliphatic carbocycles. The van der Waals surface area contributed by atoms with Gasteiger partial charge in [-0.1, -0.05) is 56.1 Å². The Labute approximate surface area is 191 Å². The number of benzene rings is 2. The molecular formula is C24H23Cl2N3O2. The summed E-state index contributed by atoms with van der Waals surface area (Å²) in [6, 6.07) is 10.9. The molecule has 2 aromatic carbocycles. The predicted molar refractivity (Wildman–Crippen MR) is 123 cm³/mol. The summed E-state index contributed by atoms with van der Waals surface area (Å²) < 4.78 is 5.44. The molecule has 1 heterocycles. The van der Waals surface area contributed by atoms with Crippen LogP contribution in [0.2, 0.25) is 10.0 Å². The Hall–Kier alpha value is -2.37. The number of anilines is 1. The topological polar surface area (TPSA) is 64.1 Å². The van der Waals surface area contributed by atoms with Gasteiger partial charge < -0.3 is 10.1 Å². The Kier molecular flexibility index (Phi) is 4.35. The first kappa shape index (κ1) is 20.5. The lowest BCUT2D eigenvalue weighted by Gasteiger charge is -2.39. The quantitative estimate of drug-likeness (QED) is 0.532. The number of rotatable bonds is 3. The summed E-state index contributed by atoms with van der Waals surface area (Å²) >= 11 is 12.5. The molecule has 2 aliphatic rings. The van der Waals surface area contributed by atoms with Crippen LogP contribution >= 0.6 is 23.2 Å². The molecule has 1 aromatic heterocycles. The molecule has 2 atom stereocenters. The van der Waals surface area contributed by atoms with Gasteiger partial charge in [0.25, 0.3) is 0 Å². The van der Waals surface area contributed by atoms with Crippen molar-refractivity contribution >= 4 is 45.8 Å². The average molecular weight is 456 g/mol. The number of fused-ring (bicyclic) bond motifs is 6. The normalized spacial score (nSPS) is 25.5. The van der Waals surface area contributed by atoms with E-state index in [1.807, 2.05) is 24.3 Å². The Morgan fingerprint density at radius 2 is 1.61 bits per heavy atom. The molecule has 31 heavy (non-hydrogen) atoms. The monoisotopic (exact) mass is 455 g/mol. The molecular weight excluding hydrogens is 433 g/mol. The van der Waals surface area contributed by atoms with E-state index < -0.39 is 5.41 Å². The predicted octanol–water partition coefficient (Wildman–Crippen LogP) is 5.91. The van der Waals surface area contributed by atoms with Crippen molar-refractivity contribution in [1.29, 1.82) is 0 Å². The summed E-state index contributed by atoms with van der Waals surface area (Å²) in [4.78, 5) is 23.9. The maximum atomic E-state index is 14.0. The standard InChI is InChI=1S/C24H23Cl2N3O2/c1-22(2)23(3)9-10-24(22,21(30)29-15-7-5-6-8-18(15)31-4)20-19(23)27-16-11-13(25)14(26)12-17(16)28-20/h5-8,11-12H,9-10H2,1-4H3,(H,29,30). The van der Waals surface area contributed by atoms with Crippen molar-refractivity contribution in [3.63, 3.8) is 0 Å². The van der Waals surface area contributed by atoms with Gasteiger partial charge in [-0.05, 0) is 42.5 Å². The van der Waals surface area contributed by atoms with E-state index in [4.69, 9.17) is 37.9 Å². The lowest BCUT2D eigenvalue weighted by atomic mass is 9.63. The maximum Gasteiger partial charge on any atom is 0.237 e. The van der Waals surface area contributed by atoms with E-state index in [9.17, 15) is 4.79 Å². The van der Waals surface area contributed by atoms with Gasteiger partial charge in [-0.3, -0.25) is 4.79 Å². The van der Waals surface area contributed by atoms with E-state index >= 15 is 0 Å². The smallest absolute Gasteiger partial charge is 0.237 e. The Balaban J connectivity index is 1.71. The third-order valence-corrected chi connectivity index (χ3v) is 8.54. The van der Waals surface area contributed by atoms with Crippen molar-refractivity contribution in [2.24, 2.45) is 5.41 Å². The Morgan fingerprint density at radius 1 is 1.00 bits per heavy atom. The minimum Gasteiger partial charge on any atom is -0.495 e. The van der Waals surface area contributed by atoms with E-state index in [0.29, 0.717) is 38.9 Å². The molecule has 1 saturated carbocycles. The van der Waals surface area contributed by atoms with Crippen molar-refractivity contribution in [2.45, 2.75) is 44.4 Å². The fraction of sp³-hybridized carbons (Fsp3) is 0.375.